The third-order valence-electron chi connectivity index (χ3n) is 6.60. The zero-order valence-electron chi connectivity index (χ0n) is 24.1. The van der Waals surface area contributed by atoms with Crippen LogP contribution in [0.2, 0.25) is 0 Å². The number of carbonyl (C=O) groups excluding carboxylic acids is 2. The Morgan fingerprint density at radius 2 is 0.743 bits per heavy atom. The first-order valence-electron chi connectivity index (χ1n) is 15.1. The van der Waals surface area contributed by atoms with Crippen LogP contribution in [0, 0.1) is 0 Å². The summed E-state index contributed by atoms with van der Waals surface area (Å²) < 4.78 is 4.96. The van der Waals surface area contributed by atoms with Crippen LogP contribution in [-0.4, -0.2) is 41.5 Å². The van der Waals surface area contributed by atoms with E-state index in [0.717, 1.165) is 32.1 Å². The van der Waals surface area contributed by atoms with Gasteiger partial charge in [0.1, 0.15) is 0 Å². The Balaban J connectivity index is 0. The average Bonchev–Trinajstić information content (AvgIpc) is 2.82. The van der Waals surface area contributed by atoms with Crippen molar-refractivity contribution in [2.75, 3.05) is 0 Å². The fraction of sp³-hybridized carbons (Fsp3) is 0.871. The molecule has 0 aliphatic heterocycles. The van der Waals surface area contributed by atoms with Gasteiger partial charge in [0, 0.05) is 42.4 Å². The average molecular weight is 502 g/mol. The molecule has 3 nitrogen and oxygen atoms in total. The normalized spacial score (nSPS) is 11.0. The van der Waals surface area contributed by atoms with E-state index in [1.165, 1.54) is 116 Å². The van der Waals surface area contributed by atoms with Crippen LogP contribution in [0.25, 0.3) is 0 Å². The van der Waals surface area contributed by atoms with Crippen LogP contribution in [0.1, 0.15) is 174 Å². The van der Waals surface area contributed by atoms with E-state index in [4.69, 9.17) is 4.74 Å². The summed E-state index contributed by atoms with van der Waals surface area (Å²) >= 11 is 0. The number of hydrogen-bond donors (Lipinski definition) is 0. The first kappa shape index (κ1) is 37.0. The first-order valence-corrected chi connectivity index (χ1v) is 15.1. The number of carbonyl (C=O) groups is 2. The van der Waals surface area contributed by atoms with Crippen molar-refractivity contribution in [1.82, 2.24) is 0 Å². The number of rotatable bonds is 26. The molecule has 0 aromatic carbocycles. The molecule has 0 amide bonds. The Morgan fingerprint density at radius 1 is 0.457 bits per heavy atom. The molecule has 0 N–H and O–H groups in total. The number of allylic oxidation sites excluding steroid dienone is 2. The second kappa shape index (κ2) is 31.9. The monoisotopic (exact) mass is 501 g/mol. The van der Waals surface area contributed by atoms with E-state index in [9.17, 15) is 9.59 Å². The molecule has 0 aromatic rings. The number of ether oxygens (including phenoxy) is 1. The van der Waals surface area contributed by atoms with E-state index < -0.39 is 0 Å². The van der Waals surface area contributed by atoms with Gasteiger partial charge >= 0.3 is 11.9 Å². The molecule has 0 aliphatic carbocycles. The molecule has 35 heavy (non-hydrogen) atoms. The van der Waals surface area contributed by atoms with Crippen LogP contribution < -0.4 is 0 Å². The van der Waals surface area contributed by atoms with Gasteiger partial charge in [-0.3, -0.25) is 9.59 Å². The summed E-state index contributed by atoms with van der Waals surface area (Å²) in [7, 11) is 0. The van der Waals surface area contributed by atoms with Gasteiger partial charge in [0.2, 0.25) is 0 Å². The molecular formula is C31H58NaO3. The Morgan fingerprint density at radius 3 is 1.09 bits per heavy atom. The van der Waals surface area contributed by atoms with Gasteiger partial charge in [-0.15, -0.1) is 0 Å². The van der Waals surface area contributed by atoms with E-state index in [1.54, 1.807) is 0 Å². The predicted octanol–water partition coefficient (Wildman–Crippen LogP) is 10.0. The third kappa shape index (κ3) is 31.9. The second-order valence-electron chi connectivity index (χ2n) is 10.1. The topological polar surface area (TPSA) is 43.4 Å². The summed E-state index contributed by atoms with van der Waals surface area (Å²) in [6.07, 6.45) is 33.9. The summed E-state index contributed by atoms with van der Waals surface area (Å²) in [5, 5.41) is 0. The summed E-state index contributed by atoms with van der Waals surface area (Å²) in [6, 6.07) is 0. The van der Waals surface area contributed by atoms with Crippen molar-refractivity contribution in [3.05, 3.63) is 12.2 Å². The molecule has 0 bridgehead atoms. The summed E-state index contributed by atoms with van der Waals surface area (Å²) in [6.45, 7) is 4.51. The molecule has 0 heterocycles. The zero-order chi connectivity index (χ0) is 25.0. The maximum Gasteiger partial charge on any atom is 0.313 e. The van der Waals surface area contributed by atoms with Crippen molar-refractivity contribution in [3.8, 4) is 0 Å². The molecular weight excluding hydrogens is 443 g/mol. The molecule has 1 radical (unpaired) electrons. The van der Waals surface area contributed by atoms with Gasteiger partial charge in [-0.1, -0.05) is 135 Å². The van der Waals surface area contributed by atoms with Crippen LogP contribution in [0.15, 0.2) is 12.2 Å². The molecule has 0 saturated carbocycles. The number of unbranched alkanes of at least 4 members (excludes halogenated alkanes) is 20. The summed E-state index contributed by atoms with van der Waals surface area (Å²) in [5.41, 5.74) is 0. The quantitative estimate of drug-likeness (QED) is 0.0389. The van der Waals surface area contributed by atoms with Gasteiger partial charge in [-0.2, -0.15) is 0 Å². The third-order valence-corrected chi connectivity index (χ3v) is 6.60. The molecule has 0 aliphatic rings. The minimum absolute atomic E-state index is 0. The fourth-order valence-corrected chi connectivity index (χ4v) is 4.33. The van der Waals surface area contributed by atoms with E-state index >= 15 is 0 Å². The van der Waals surface area contributed by atoms with Crippen LogP contribution in [0.4, 0.5) is 0 Å². The van der Waals surface area contributed by atoms with E-state index in [1.807, 2.05) is 0 Å². The number of esters is 2. The van der Waals surface area contributed by atoms with Crippen LogP contribution >= 0.6 is 0 Å². The van der Waals surface area contributed by atoms with Gasteiger partial charge in [-0.05, 0) is 38.5 Å². The van der Waals surface area contributed by atoms with E-state index in [-0.39, 0.29) is 41.5 Å². The van der Waals surface area contributed by atoms with Gasteiger partial charge in [-0.25, -0.2) is 0 Å². The van der Waals surface area contributed by atoms with Crippen LogP contribution in [0.5, 0.6) is 0 Å². The largest absolute Gasteiger partial charge is 0.393 e. The minimum atomic E-state index is -0.339. The molecule has 4 heteroatoms. The minimum Gasteiger partial charge on any atom is -0.393 e. The Labute approximate surface area is 241 Å². The number of hydrogen-bond acceptors (Lipinski definition) is 3. The zero-order valence-corrected chi connectivity index (χ0v) is 26.1. The van der Waals surface area contributed by atoms with Crippen molar-refractivity contribution in [1.29, 1.82) is 0 Å². The molecule has 0 aromatic heterocycles. The maximum absolute atomic E-state index is 11.8. The predicted molar refractivity (Wildman–Crippen MR) is 153 cm³/mol. The van der Waals surface area contributed by atoms with E-state index in [2.05, 4.69) is 26.0 Å². The molecule has 0 unspecified atom stereocenters. The molecule has 0 spiro atoms. The van der Waals surface area contributed by atoms with Crippen LogP contribution in [-0.2, 0) is 14.3 Å². The summed E-state index contributed by atoms with van der Waals surface area (Å²) in [5.74, 6) is -0.676. The molecule has 0 saturated heterocycles. The summed E-state index contributed by atoms with van der Waals surface area (Å²) in [4.78, 5) is 23.6. The van der Waals surface area contributed by atoms with E-state index in [0.29, 0.717) is 12.8 Å². The van der Waals surface area contributed by atoms with Crippen LogP contribution in [0.3, 0.4) is 0 Å². The Bertz CT molecular complexity index is 476. The van der Waals surface area contributed by atoms with Gasteiger partial charge in [0.25, 0.3) is 0 Å². The van der Waals surface area contributed by atoms with Crippen molar-refractivity contribution in [2.24, 2.45) is 0 Å². The maximum atomic E-state index is 11.8. The van der Waals surface area contributed by atoms with Crippen molar-refractivity contribution >= 4 is 41.5 Å². The van der Waals surface area contributed by atoms with Gasteiger partial charge in [0.15, 0.2) is 0 Å². The molecule has 0 atom stereocenters. The Hall–Kier alpha value is -0.120. The standard InChI is InChI=1S/C31H58O3.Na/c1-3-5-7-9-11-13-14-15-16-17-18-19-21-23-25-27-29-31(33)34-30(32)28-26-24-22-20-12-10-8-6-4-2;/h16-17H,3-15,18-29H2,1-2H3;. The molecule has 201 valence electrons. The Kier molecular flexibility index (Phi) is 33.8. The first-order chi connectivity index (χ1) is 16.7. The van der Waals surface area contributed by atoms with Crippen molar-refractivity contribution < 1.29 is 14.3 Å². The van der Waals surface area contributed by atoms with Crippen molar-refractivity contribution in [3.63, 3.8) is 0 Å². The fourth-order valence-electron chi connectivity index (χ4n) is 4.33. The molecule has 0 fully saturated rings. The van der Waals surface area contributed by atoms with Gasteiger partial charge in [0.05, 0.1) is 0 Å². The second-order valence-corrected chi connectivity index (χ2v) is 10.1. The molecule has 0 rings (SSSR count). The smallest absolute Gasteiger partial charge is 0.313 e. The van der Waals surface area contributed by atoms with Gasteiger partial charge < -0.3 is 4.74 Å². The van der Waals surface area contributed by atoms with Crippen molar-refractivity contribution in [2.45, 2.75) is 174 Å². The SMILES string of the molecule is CCCCCCCCCC=CCCCCCCCC(=O)OC(=O)CCCCCCCCCCC.[Na].